The lowest BCUT2D eigenvalue weighted by molar-refractivity contribution is -0.141. The number of nitriles is 1. The number of likely N-dealkylation sites (tertiary alicyclic amines) is 1. The molecule has 3 aromatic carbocycles. The molecule has 1 fully saturated rings. The predicted octanol–water partition coefficient (Wildman–Crippen LogP) is 7.45. The van der Waals surface area contributed by atoms with Crippen LogP contribution in [0.3, 0.4) is 0 Å². The molecule has 0 amide bonds. The van der Waals surface area contributed by atoms with Gasteiger partial charge in [-0.15, -0.1) is 11.3 Å². The molecule has 9 heteroatoms. The standard InChI is InChI=1S/C37H37N5O3S/c1-21(2)42-14-12-31-33(20-42)46-36(40-31)30-10-6-8-28(23(30)4)27-7-5-9-29(22(27)3)35-39-32-16-24(15-26(17-38)34(32)45-35)18-41-13-11-25(19-41)37(43)44/h5-10,15-16,21,25H,11-14,18-20H2,1-4H3,(H,43,44). The molecule has 46 heavy (non-hydrogen) atoms. The molecule has 2 aliphatic heterocycles. The molecule has 0 bridgehead atoms. The van der Waals surface area contributed by atoms with Crippen LogP contribution in [0.2, 0.25) is 0 Å². The van der Waals surface area contributed by atoms with Crippen molar-refractivity contribution >= 4 is 28.4 Å². The fraction of sp³-hybridized carbons (Fsp3) is 0.351. The van der Waals surface area contributed by atoms with Gasteiger partial charge in [0.1, 0.15) is 16.6 Å². The minimum atomic E-state index is -0.753. The lowest BCUT2D eigenvalue weighted by Crippen LogP contribution is -2.35. The first-order chi connectivity index (χ1) is 22.2. The molecule has 1 unspecified atom stereocenters. The summed E-state index contributed by atoms with van der Waals surface area (Å²) in [5, 5.41) is 20.4. The van der Waals surface area contributed by atoms with E-state index >= 15 is 0 Å². The first-order valence-corrected chi connectivity index (χ1v) is 16.7. The lowest BCUT2D eigenvalue weighted by Gasteiger charge is -2.29. The quantitative estimate of drug-likeness (QED) is 0.198. The summed E-state index contributed by atoms with van der Waals surface area (Å²) in [6.45, 7) is 12.6. The number of rotatable bonds is 7. The molecule has 1 atom stereocenters. The molecular weight excluding hydrogens is 595 g/mol. The molecule has 0 aliphatic carbocycles. The van der Waals surface area contributed by atoms with Gasteiger partial charge in [-0.1, -0.05) is 30.3 Å². The number of aromatic nitrogens is 2. The highest BCUT2D eigenvalue weighted by atomic mass is 32.1. The summed E-state index contributed by atoms with van der Waals surface area (Å²) in [5.74, 6) is -0.623. The smallest absolute Gasteiger partial charge is 0.307 e. The molecule has 0 saturated carbocycles. The van der Waals surface area contributed by atoms with Gasteiger partial charge in [0.05, 0.1) is 17.2 Å². The number of aliphatic carboxylic acids is 1. The van der Waals surface area contributed by atoms with Gasteiger partial charge in [-0.05, 0) is 86.7 Å². The first kappa shape index (κ1) is 30.3. The molecule has 5 aromatic rings. The van der Waals surface area contributed by atoms with Crippen LogP contribution in [0.4, 0.5) is 0 Å². The maximum atomic E-state index is 11.4. The zero-order valence-corrected chi connectivity index (χ0v) is 27.4. The highest BCUT2D eigenvalue weighted by Crippen LogP contribution is 2.40. The van der Waals surface area contributed by atoms with Gasteiger partial charge in [0.2, 0.25) is 5.89 Å². The molecule has 8 nitrogen and oxygen atoms in total. The number of carboxylic acid groups (broad SMARTS) is 1. The molecule has 1 N–H and O–H groups in total. The van der Waals surface area contributed by atoms with E-state index in [9.17, 15) is 15.2 Å². The third-order valence-electron chi connectivity index (χ3n) is 9.61. The summed E-state index contributed by atoms with van der Waals surface area (Å²) in [6, 6.07) is 19.2. The monoisotopic (exact) mass is 631 g/mol. The fourth-order valence-electron chi connectivity index (χ4n) is 6.91. The Kier molecular flexibility index (Phi) is 7.97. The molecule has 4 heterocycles. The largest absolute Gasteiger partial charge is 0.481 e. The minimum Gasteiger partial charge on any atom is -0.481 e. The van der Waals surface area contributed by atoms with E-state index in [1.165, 1.54) is 21.7 Å². The topological polar surface area (TPSA) is 106 Å². The van der Waals surface area contributed by atoms with E-state index in [0.29, 0.717) is 48.1 Å². The van der Waals surface area contributed by atoms with E-state index < -0.39 is 5.97 Å². The average Bonchev–Trinajstić information content (AvgIpc) is 3.79. The summed E-state index contributed by atoms with van der Waals surface area (Å²) in [6.07, 6.45) is 1.63. The number of thiazole rings is 1. The van der Waals surface area contributed by atoms with Crippen molar-refractivity contribution in [3.8, 4) is 39.2 Å². The second-order valence-electron chi connectivity index (χ2n) is 12.8. The molecular formula is C37H37N5O3S. The van der Waals surface area contributed by atoms with Crippen LogP contribution >= 0.6 is 11.3 Å². The Morgan fingerprint density at radius 1 is 1.07 bits per heavy atom. The third-order valence-corrected chi connectivity index (χ3v) is 10.7. The van der Waals surface area contributed by atoms with E-state index in [2.05, 4.69) is 67.8 Å². The van der Waals surface area contributed by atoms with Crippen molar-refractivity contribution in [2.75, 3.05) is 19.6 Å². The van der Waals surface area contributed by atoms with Crippen LogP contribution in [-0.2, 0) is 24.3 Å². The normalized spacial score (nSPS) is 17.1. The van der Waals surface area contributed by atoms with E-state index in [0.717, 1.165) is 58.9 Å². The van der Waals surface area contributed by atoms with Crippen LogP contribution in [0.5, 0.6) is 0 Å². The molecule has 2 aromatic heterocycles. The van der Waals surface area contributed by atoms with Crippen LogP contribution in [0, 0.1) is 31.1 Å². The number of carbonyl (C=O) groups is 1. The van der Waals surface area contributed by atoms with Crippen molar-refractivity contribution in [3.63, 3.8) is 0 Å². The number of benzene rings is 3. The summed E-state index contributed by atoms with van der Waals surface area (Å²) in [5.41, 5.74) is 10.2. The third kappa shape index (κ3) is 5.51. The molecule has 234 valence electrons. The summed E-state index contributed by atoms with van der Waals surface area (Å²) in [4.78, 5) is 27.4. The maximum Gasteiger partial charge on any atom is 0.307 e. The molecule has 0 spiro atoms. The number of oxazole rings is 1. The number of hydrogen-bond acceptors (Lipinski definition) is 8. The lowest BCUT2D eigenvalue weighted by atomic mass is 9.91. The number of carboxylic acids is 1. The summed E-state index contributed by atoms with van der Waals surface area (Å²) in [7, 11) is 0. The van der Waals surface area contributed by atoms with Gasteiger partial charge < -0.3 is 9.52 Å². The Morgan fingerprint density at radius 3 is 2.48 bits per heavy atom. The molecule has 0 radical (unpaired) electrons. The number of nitrogens with zero attached hydrogens (tertiary/aromatic N) is 5. The van der Waals surface area contributed by atoms with Crippen LogP contribution in [0.15, 0.2) is 52.9 Å². The first-order valence-electron chi connectivity index (χ1n) is 15.9. The van der Waals surface area contributed by atoms with Crippen molar-refractivity contribution in [1.29, 1.82) is 5.26 Å². The van der Waals surface area contributed by atoms with Gasteiger partial charge in [0.15, 0.2) is 5.58 Å². The predicted molar refractivity (Wildman–Crippen MR) is 180 cm³/mol. The van der Waals surface area contributed by atoms with Gasteiger partial charge in [0, 0.05) is 54.6 Å². The van der Waals surface area contributed by atoms with Gasteiger partial charge >= 0.3 is 5.97 Å². The number of fused-ring (bicyclic) bond motifs is 2. The molecule has 7 rings (SSSR count). The Bertz CT molecular complexity index is 2020. The van der Waals surface area contributed by atoms with Gasteiger partial charge in [-0.25, -0.2) is 9.97 Å². The van der Waals surface area contributed by atoms with E-state index in [1.54, 1.807) is 0 Å². The Hall–Kier alpha value is -4.36. The van der Waals surface area contributed by atoms with E-state index in [4.69, 9.17) is 14.4 Å². The Morgan fingerprint density at radius 2 is 1.78 bits per heavy atom. The zero-order valence-electron chi connectivity index (χ0n) is 26.6. The van der Waals surface area contributed by atoms with Crippen LogP contribution in [0.1, 0.15) is 53.1 Å². The van der Waals surface area contributed by atoms with Gasteiger partial charge in [-0.2, -0.15) is 5.26 Å². The minimum absolute atomic E-state index is 0.347. The van der Waals surface area contributed by atoms with E-state index in [1.807, 2.05) is 35.6 Å². The average molecular weight is 632 g/mol. The Labute approximate surface area is 272 Å². The highest BCUT2D eigenvalue weighted by Gasteiger charge is 2.28. The maximum absolute atomic E-state index is 11.4. The molecule has 1 saturated heterocycles. The van der Waals surface area contributed by atoms with Crippen molar-refractivity contribution in [3.05, 3.63) is 81.4 Å². The van der Waals surface area contributed by atoms with Crippen LogP contribution < -0.4 is 0 Å². The van der Waals surface area contributed by atoms with Gasteiger partial charge in [0.25, 0.3) is 0 Å². The Balaban J connectivity index is 1.21. The highest BCUT2D eigenvalue weighted by molar-refractivity contribution is 7.15. The van der Waals surface area contributed by atoms with Crippen LogP contribution in [-0.4, -0.2) is 56.5 Å². The van der Waals surface area contributed by atoms with Gasteiger partial charge in [-0.3, -0.25) is 14.6 Å². The second-order valence-corrected chi connectivity index (χ2v) is 13.9. The number of hydrogen-bond donors (Lipinski definition) is 1. The van der Waals surface area contributed by atoms with Crippen LogP contribution in [0.25, 0.3) is 44.3 Å². The molecule has 2 aliphatic rings. The van der Waals surface area contributed by atoms with Crippen molar-refractivity contribution < 1.29 is 14.3 Å². The van der Waals surface area contributed by atoms with Crippen molar-refractivity contribution in [2.45, 2.75) is 59.7 Å². The summed E-state index contributed by atoms with van der Waals surface area (Å²) < 4.78 is 6.28. The summed E-state index contributed by atoms with van der Waals surface area (Å²) >= 11 is 1.82. The van der Waals surface area contributed by atoms with E-state index in [-0.39, 0.29) is 5.92 Å². The second kappa shape index (κ2) is 12.1. The van der Waals surface area contributed by atoms with Crippen molar-refractivity contribution in [2.24, 2.45) is 5.92 Å². The SMILES string of the molecule is Cc1c(-c2nc3cc(CN4CCC(C(=O)O)C4)cc(C#N)c3o2)cccc1-c1cccc(-c2nc3c(s2)CN(C(C)C)CC3)c1C. The van der Waals surface area contributed by atoms with Crippen molar-refractivity contribution in [1.82, 2.24) is 19.8 Å². The fourth-order valence-corrected chi connectivity index (χ4v) is 8.12. The zero-order chi connectivity index (χ0) is 32.1.